The first kappa shape index (κ1) is 14.5. The van der Waals surface area contributed by atoms with Gasteiger partial charge in [-0.3, -0.25) is 4.68 Å². The number of halogens is 1. The van der Waals surface area contributed by atoms with Crippen molar-refractivity contribution in [1.82, 2.24) is 24.6 Å². The third-order valence-corrected chi connectivity index (χ3v) is 6.12. The van der Waals surface area contributed by atoms with Crippen molar-refractivity contribution >= 4 is 22.5 Å². The average Bonchev–Trinajstić information content (AvgIpc) is 3.18. The summed E-state index contributed by atoms with van der Waals surface area (Å²) in [5.74, 6) is 1.14. The number of likely N-dealkylation sites (tertiary alicyclic amines) is 1. The Bertz CT molecular complexity index is 884. The van der Waals surface area contributed by atoms with Gasteiger partial charge in [-0.05, 0) is 43.0 Å². The molecule has 0 radical (unpaired) electrons. The predicted octanol–water partition coefficient (Wildman–Crippen LogP) is 3.07. The number of hydrogen-bond donors (Lipinski definition) is 1. The van der Waals surface area contributed by atoms with Crippen molar-refractivity contribution in [3.8, 4) is 0 Å². The minimum Gasteiger partial charge on any atom is -0.345 e. The minimum absolute atomic E-state index is 0.531. The second-order valence-corrected chi connectivity index (χ2v) is 7.60. The zero-order valence-corrected chi connectivity index (χ0v) is 14.4. The largest absolute Gasteiger partial charge is 0.345 e. The van der Waals surface area contributed by atoms with E-state index in [1.807, 2.05) is 11.0 Å². The molecule has 3 aromatic rings. The number of fused-ring (bicyclic) bond motifs is 2. The first-order chi connectivity index (χ1) is 11.7. The third-order valence-electron chi connectivity index (χ3n) is 5.80. The van der Waals surface area contributed by atoms with Crippen molar-refractivity contribution in [3.05, 3.63) is 47.1 Å². The maximum Gasteiger partial charge on any atom is 0.137 e. The van der Waals surface area contributed by atoms with Crippen LogP contribution in [0.3, 0.4) is 0 Å². The Balaban J connectivity index is 1.54. The summed E-state index contributed by atoms with van der Waals surface area (Å²) in [6.45, 7) is 2.03. The molecule has 5 rings (SSSR count). The van der Waals surface area contributed by atoms with Gasteiger partial charge in [-0.1, -0.05) is 23.7 Å². The molecule has 1 aromatic carbocycles. The molecule has 2 aromatic heterocycles. The molecule has 0 spiro atoms. The minimum atomic E-state index is 0.531. The van der Waals surface area contributed by atoms with Crippen LogP contribution in [-0.4, -0.2) is 44.3 Å². The lowest BCUT2D eigenvalue weighted by molar-refractivity contribution is 0.102. The van der Waals surface area contributed by atoms with E-state index in [0.717, 1.165) is 24.7 Å². The first-order valence-electron chi connectivity index (χ1n) is 8.52. The summed E-state index contributed by atoms with van der Waals surface area (Å²) in [5, 5.41) is 6.46. The Hall–Kier alpha value is -1.85. The summed E-state index contributed by atoms with van der Waals surface area (Å²) < 4.78 is 1.96. The lowest BCUT2D eigenvalue weighted by Gasteiger charge is -2.45. The van der Waals surface area contributed by atoms with Gasteiger partial charge >= 0.3 is 0 Å². The van der Waals surface area contributed by atoms with Crippen LogP contribution in [0.25, 0.3) is 10.9 Å². The predicted molar refractivity (Wildman–Crippen MR) is 94.3 cm³/mol. The molecule has 1 aliphatic heterocycles. The Morgan fingerprint density at radius 2 is 2.29 bits per heavy atom. The number of nitrogens with one attached hydrogen (secondary N) is 1. The molecule has 0 saturated carbocycles. The van der Waals surface area contributed by atoms with Crippen LogP contribution in [0.5, 0.6) is 0 Å². The highest BCUT2D eigenvalue weighted by atomic mass is 35.5. The van der Waals surface area contributed by atoms with E-state index in [-0.39, 0.29) is 0 Å². The van der Waals surface area contributed by atoms with Gasteiger partial charge in [0.2, 0.25) is 0 Å². The molecular formula is C18H20ClN5. The smallest absolute Gasteiger partial charge is 0.137 e. The van der Waals surface area contributed by atoms with E-state index < -0.39 is 0 Å². The fourth-order valence-corrected chi connectivity index (χ4v) is 5.09. The Morgan fingerprint density at radius 1 is 1.38 bits per heavy atom. The summed E-state index contributed by atoms with van der Waals surface area (Å²) in [5.41, 5.74) is 3.93. The van der Waals surface area contributed by atoms with Gasteiger partial charge in [0.15, 0.2) is 0 Å². The van der Waals surface area contributed by atoms with Crippen molar-refractivity contribution in [3.63, 3.8) is 0 Å². The number of aromatic amines is 1. The van der Waals surface area contributed by atoms with Crippen LogP contribution >= 0.6 is 11.6 Å². The van der Waals surface area contributed by atoms with Gasteiger partial charge < -0.3 is 9.88 Å². The topological polar surface area (TPSA) is 49.7 Å². The van der Waals surface area contributed by atoms with Crippen molar-refractivity contribution in [2.24, 2.45) is 5.92 Å². The molecule has 3 atom stereocenters. The molecule has 5 nitrogen and oxygen atoms in total. The highest BCUT2D eigenvalue weighted by molar-refractivity contribution is 6.32. The van der Waals surface area contributed by atoms with E-state index in [4.69, 9.17) is 11.6 Å². The highest BCUT2D eigenvalue weighted by Gasteiger charge is 2.40. The summed E-state index contributed by atoms with van der Waals surface area (Å²) >= 11 is 6.48. The molecule has 1 aliphatic carbocycles. The molecule has 24 heavy (non-hydrogen) atoms. The zero-order chi connectivity index (χ0) is 16.3. The van der Waals surface area contributed by atoms with Crippen molar-refractivity contribution < 1.29 is 0 Å². The third kappa shape index (κ3) is 2.11. The Morgan fingerprint density at radius 3 is 3.12 bits per heavy atom. The van der Waals surface area contributed by atoms with Crippen LogP contribution in [0, 0.1) is 5.92 Å². The van der Waals surface area contributed by atoms with E-state index >= 15 is 0 Å². The van der Waals surface area contributed by atoms with E-state index in [1.165, 1.54) is 28.5 Å². The second kappa shape index (κ2) is 5.33. The quantitative estimate of drug-likeness (QED) is 0.779. The van der Waals surface area contributed by atoms with E-state index in [9.17, 15) is 0 Å². The SMILES string of the molecule is CN1C[C@@H](Cn2cncn2)C[C@@H]2c3cccc4[nH]c(Cl)c(c34)C[C@H]21. The van der Waals surface area contributed by atoms with Gasteiger partial charge in [0.25, 0.3) is 0 Å². The number of benzene rings is 1. The van der Waals surface area contributed by atoms with Crippen molar-refractivity contribution in [2.75, 3.05) is 13.6 Å². The van der Waals surface area contributed by atoms with Crippen molar-refractivity contribution in [1.29, 1.82) is 0 Å². The van der Waals surface area contributed by atoms with Gasteiger partial charge in [-0.15, -0.1) is 0 Å². The van der Waals surface area contributed by atoms with Gasteiger partial charge in [0.1, 0.15) is 17.8 Å². The molecule has 0 unspecified atom stereocenters. The number of nitrogens with zero attached hydrogens (tertiary/aromatic N) is 4. The van der Waals surface area contributed by atoms with Crippen LogP contribution < -0.4 is 0 Å². The second-order valence-electron chi connectivity index (χ2n) is 7.22. The molecule has 0 amide bonds. The molecule has 3 heterocycles. The maximum atomic E-state index is 6.48. The Kier molecular flexibility index (Phi) is 3.22. The molecule has 6 heteroatoms. The fraction of sp³-hybridized carbons (Fsp3) is 0.444. The number of H-pyrrole nitrogens is 1. The molecule has 1 saturated heterocycles. The van der Waals surface area contributed by atoms with Gasteiger partial charge in [-0.25, -0.2) is 4.98 Å². The monoisotopic (exact) mass is 341 g/mol. The lowest BCUT2D eigenvalue weighted by atomic mass is 9.72. The standard InChI is InChI=1S/C18H20ClN5/c1-23-7-11(8-24-10-20-9-21-24)5-13-12-3-2-4-15-17(12)14(6-16(13)23)18(19)22-15/h2-4,9-11,13,16,22H,5-8H2,1H3/t11-,13+,16+/m0/s1. The van der Waals surface area contributed by atoms with Crippen LogP contribution in [0.2, 0.25) is 5.15 Å². The molecule has 1 fully saturated rings. The summed E-state index contributed by atoms with van der Waals surface area (Å²) in [7, 11) is 2.25. The maximum absolute atomic E-state index is 6.48. The number of piperidine rings is 1. The van der Waals surface area contributed by atoms with Crippen molar-refractivity contribution in [2.45, 2.75) is 31.3 Å². The molecule has 2 aliphatic rings. The van der Waals surface area contributed by atoms with Gasteiger partial charge in [-0.2, -0.15) is 5.10 Å². The molecule has 124 valence electrons. The average molecular weight is 342 g/mol. The Labute approximate surface area is 145 Å². The van der Waals surface area contributed by atoms with Crippen LogP contribution in [-0.2, 0) is 13.0 Å². The van der Waals surface area contributed by atoms with E-state index in [1.54, 1.807) is 6.33 Å². The number of aromatic nitrogens is 4. The van der Waals surface area contributed by atoms with E-state index in [2.05, 4.69) is 45.2 Å². The fourth-order valence-electron chi connectivity index (χ4n) is 4.82. The van der Waals surface area contributed by atoms with E-state index in [0.29, 0.717) is 17.9 Å². The van der Waals surface area contributed by atoms with Gasteiger partial charge in [0.05, 0.1) is 0 Å². The normalized spacial score (nSPS) is 26.7. The molecular weight excluding hydrogens is 322 g/mol. The number of likely N-dealkylation sites (N-methyl/N-ethyl adjacent to an activating group) is 1. The zero-order valence-electron chi connectivity index (χ0n) is 13.6. The van der Waals surface area contributed by atoms with Crippen LogP contribution in [0.15, 0.2) is 30.9 Å². The lowest BCUT2D eigenvalue weighted by Crippen LogP contribution is -2.48. The summed E-state index contributed by atoms with van der Waals surface area (Å²) in [4.78, 5) is 9.94. The summed E-state index contributed by atoms with van der Waals surface area (Å²) in [6, 6.07) is 7.10. The van der Waals surface area contributed by atoms with Crippen LogP contribution in [0.4, 0.5) is 0 Å². The number of hydrogen-bond acceptors (Lipinski definition) is 3. The first-order valence-corrected chi connectivity index (χ1v) is 8.90. The van der Waals surface area contributed by atoms with Gasteiger partial charge in [0, 0.05) is 36.0 Å². The molecule has 0 bridgehead atoms. The molecule has 1 N–H and O–H groups in total. The van der Waals surface area contributed by atoms with Crippen LogP contribution in [0.1, 0.15) is 23.5 Å². The number of rotatable bonds is 2. The highest BCUT2D eigenvalue weighted by Crippen LogP contribution is 2.46. The summed E-state index contributed by atoms with van der Waals surface area (Å²) in [6.07, 6.45) is 5.66.